The van der Waals surface area contributed by atoms with Crippen LogP contribution in [0.5, 0.6) is 11.5 Å². The highest BCUT2D eigenvalue weighted by molar-refractivity contribution is 6.30. The molecule has 5 aromatic rings. The summed E-state index contributed by atoms with van der Waals surface area (Å²) in [5.41, 5.74) is 3.79. The summed E-state index contributed by atoms with van der Waals surface area (Å²) in [6.45, 7) is 2.20. The van der Waals surface area contributed by atoms with E-state index in [-0.39, 0.29) is 5.56 Å². The van der Waals surface area contributed by atoms with Crippen LogP contribution in [0.3, 0.4) is 0 Å². The first-order valence-corrected chi connectivity index (χ1v) is 12.0. The van der Waals surface area contributed by atoms with E-state index >= 15 is 0 Å². The minimum Gasteiger partial charge on any atom is -0.493 e. The van der Waals surface area contributed by atoms with Crippen molar-refractivity contribution in [1.29, 1.82) is 0 Å². The predicted octanol–water partition coefficient (Wildman–Crippen LogP) is 4.26. The van der Waals surface area contributed by atoms with E-state index in [0.29, 0.717) is 28.4 Å². The van der Waals surface area contributed by atoms with E-state index in [1.54, 1.807) is 30.9 Å². The molecule has 1 aliphatic rings. The Morgan fingerprint density at radius 1 is 0.944 bits per heavy atom. The molecule has 0 bridgehead atoms. The normalized spacial score (nSPS) is 13.8. The molecule has 0 N–H and O–H groups in total. The highest BCUT2D eigenvalue weighted by Gasteiger charge is 2.23. The van der Waals surface area contributed by atoms with Gasteiger partial charge >= 0.3 is 0 Å². The van der Waals surface area contributed by atoms with Crippen LogP contribution in [0.1, 0.15) is 17.0 Å². The average Bonchev–Trinajstić information content (AvgIpc) is 3.32. The molecule has 6 rings (SSSR count). The number of rotatable bonds is 5. The third-order valence-electron chi connectivity index (χ3n) is 6.74. The third kappa shape index (κ3) is 3.70. The molecule has 0 unspecified atom stereocenters. The molecule has 0 aliphatic carbocycles. The van der Waals surface area contributed by atoms with Crippen molar-refractivity contribution >= 4 is 28.3 Å². The van der Waals surface area contributed by atoms with Crippen molar-refractivity contribution in [1.82, 2.24) is 24.1 Å². The second-order valence-corrected chi connectivity index (χ2v) is 9.26. The van der Waals surface area contributed by atoms with Crippen LogP contribution in [-0.4, -0.2) is 44.8 Å². The molecule has 1 aliphatic heterocycles. The summed E-state index contributed by atoms with van der Waals surface area (Å²) in [6.07, 6.45) is 0.892. The summed E-state index contributed by atoms with van der Waals surface area (Å²) in [7, 11) is 3.31. The Balaban J connectivity index is 1.44. The standard InChI is InChI=1S/C27H24ClN5O3/c1-35-23-13-17-11-12-31(15-18(17)14-24(23)36-2)16-25-29-30-27-32(20-9-7-19(28)8-10-20)26(34)21-5-3-4-6-22(21)33(25)27/h3-10,13-14H,11-12,15-16H2,1-2H3. The molecular formula is C27H24ClN5O3. The van der Waals surface area contributed by atoms with Gasteiger partial charge in [0.25, 0.3) is 5.56 Å². The van der Waals surface area contributed by atoms with Gasteiger partial charge in [-0.1, -0.05) is 23.7 Å². The number of benzene rings is 3. The van der Waals surface area contributed by atoms with Gasteiger partial charge in [0.15, 0.2) is 17.3 Å². The molecule has 2 aromatic heterocycles. The van der Waals surface area contributed by atoms with E-state index < -0.39 is 0 Å². The smallest absolute Gasteiger partial charge is 0.267 e. The molecule has 0 radical (unpaired) electrons. The Bertz CT molecular complexity index is 1660. The first-order valence-electron chi connectivity index (χ1n) is 11.7. The molecule has 0 fully saturated rings. The van der Waals surface area contributed by atoms with Crippen molar-refractivity contribution in [2.75, 3.05) is 20.8 Å². The van der Waals surface area contributed by atoms with Crippen molar-refractivity contribution < 1.29 is 9.47 Å². The van der Waals surface area contributed by atoms with Crippen LogP contribution in [0.2, 0.25) is 5.02 Å². The van der Waals surface area contributed by atoms with Crippen molar-refractivity contribution in [2.45, 2.75) is 19.5 Å². The largest absolute Gasteiger partial charge is 0.493 e. The number of hydrogen-bond donors (Lipinski definition) is 0. The molecule has 0 spiro atoms. The van der Waals surface area contributed by atoms with Gasteiger partial charge in [-0.05, 0) is 66.1 Å². The maximum atomic E-state index is 13.5. The molecule has 3 heterocycles. The van der Waals surface area contributed by atoms with Crippen LogP contribution in [0.25, 0.3) is 22.4 Å². The third-order valence-corrected chi connectivity index (χ3v) is 6.99. The Kier molecular flexibility index (Phi) is 5.62. The zero-order valence-corrected chi connectivity index (χ0v) is 20.7. The van der Waals surface area contributed by atoms with Gasteiger partial charge < -0.3 is 9.47 Å². The fourth-order valence-corrected chi connectivity index (χ4v) is 5.09. The van der Waals surface area contributed by atoms with Gasteiger partial charge in [0, 0.05) is 18.1 Å². The van der Waals surface area contributed by atoms with Crippen molar-refractivity contribution in [3.05, 3.63) is 93.0 Å². The average molecular weight is 502 g/mol. The van der Waals surface area contributed by atoms with Crippen LogP contribution in [0, 0.1) is 0 Å². The number of nitrogens with zero attached hydrogens (tertiary/aromatic N) is 5. The number of ether oxygens (including phenoxy) is 2. The van der Waals surface area contributed by atoms with Gasteiger partial charge in [-0.2, -0.15) is 0 Å². The molecule has 8 nitrogen and oxygen atoms in total. The first-order chi connectivity index (χ1) is 17.6. The molecule has 3 aromatic carbocycles. The molecule has 0 atom stereocenters. The molecule has 0 amide bonds. The lowest BCUT2D eigenvalue weighted by atomic mass is 9.99. The monoisotopic (exact) mass is 501 g/mol. The number of hydrogen-bond acceptors (Lipinski definition) is 6. The van der Waals surface area contributed by atoms with E-state index in [4.69, 9.17) is 21.1 Å². The highest BCUT2D eigenvalue weighted by Crippen LogP contribution is 2.33. The van der Waals surface area contributed by atoms with Crippen molar-refractivity contribution in [2.24, 2.45) is 0 Å². The molecule has 9 heteroatoms. The summed E-state index contributed by atoms with van der Waals surface area (Å²) >= 11 is 6.10. The molecule has 0 saturated carbocycles. The van der Waals surface area contributed by atoms with Crippen LogP contribution in [0.4, 0.5) is 0 Å². The van der Waals surface area contributed by atoms with Gasteiger partial charge in [0.05, 0.1) is 37.4 Å². The minimum atomic E-state index is -0.146. The van der Waals surface area contributed by atoms with E-state index in [1.807, 2.05) is 40.8 Å². The van der Waals surface area contributed by atoms with E-state index in [0.717, 1.165) is 42.4 Å². The van der Waals surface area contributed by atoms with Gasteiger partial charge in [-0.3, -0.25) is 14.1 Å². The molecule has 182 valence electrons. The molecule has 0 saturated heterocycles. The molecule has 36 heavy (non-hydrogen) atoms. The second kappa shape index (κ2) is 8.96. The van der Waals surface area contributed by atoms with Gasteiger partial charge in [0.1, 0.15) is 0 Å². The zero-order valence-electron chi connectivity index (χ0n) is 19.9. The Labute approximate surface area is 212 Å². The lowest BCUT2D eigenvalue weighted by molar-refractivity contribution is 0.237. The number of fused-ring (bicyclic) bond motifs is 4. The van der Waals surface area contributed by atoms with Crippen LogP contribution in [0.15, 0.2) is 65.5 Å². The predicted molar refractivity (Wildman–Crippen MR) is 138 cm³/mol. The number of methoxy groups -OCH3 is 2. The summed E-state index contributed by atoms with van der Waals surface area (Å²) in [4.78, 5) is 15.8. The lowest BCUT2D eigenvalue weighted by Gasteiger charge is -2.29. The minimum absolute atomic E-state index is 0.146. The summed E-state index contributed by atoms with van der Waals surface area (Å²) < 4.78 is 14.6. The first kappa shape index (κ1) is 22.6. The number of aromatic nitrogens is 4. The highest BCUT2D eigenvalue weighted by atomic mass is 35.5. The zero-order chi connectivity index (χ0) is 24.8. The Morgan fingerprint density at radius 3 is 2.42 bits per heavy atom. The maximum absolute atomic E-state index is 13.5. The van der Waals surface area contributed by atoms with E-state index in [1.165, 1.54) is 11.1 Å². The number of halogens is 1. The topological polar surface area (TPSA) is 73.9 Å². The fraction of sp³-hybridized carbons (Fsp3) is 0.222. The van der Waals surface area contributed by atoms with Gasteiger partial charge in [-0.25, -0.2) is 4.57 Å². The molecular weight excluding hydrogens is 478 g/mol. The number of para-hydroxylation sites is 1. The lowest BCUT2D eigenvalue weighted by Crippen LogP contribution is -2.31. The summed E-state index contributed by atoms with van der Waals surface area (Å²) in [5.74, 6) is 2.72. The summed E-state index contributed by atoms with van der Waals surface area (Å²) in [5, 5.41) is 10.2. The van der Waals surface area contributed by atoms with Gasteiger partial charge in [0.2, 0.25) is 5.78 Å². The van der Waals surface area contributed by atoms with Crippen LogP contribution < -0.4 is 15.0 Å². The second-order valence-electron chi connectivity index (χ2n) is 8.82. The van der Waals surface area contributed by atoms with Crippen LogP contribution in [-0.2, 0) is 19.5 Å². The van der Waals surface area contributed by atoms with E-state index in [9.17, 15) is 4.79 Å². The van der Waals surface area contributed by atoms with Gasteiger partial charge in [-0.15, -0.1) is 10.2 Å². The van der Waals surface area contributed by atoms with Crippen molar-refractivity contribution in [3.8, 4) is 17.2 Å². The SMILES string of the molecule is COc1cc2c(cc1OC)CN(Cc1nnc3n(-c4ccc(Cl)cc4)c(=O)c4ccccc4n13)CC2. The Hall–Kier alpha value is -3.88. The van der Waals surface area contributed by atoms with Crippen LogP contribution >= 0.6 is 11.6 Å². The maximum Gasteiger partial charge on any atom is 0.267 e. The van der Waals surface area contributed by atoms with E-state index in [2.05, 4.69) is 27.2 Å². The summed E-state index contributed by atoms with van der Waals surface area (Å²) in [6, 6.07) is 18.8. The quantitative estimate of drug-likeness (QED) is 0.358. The van der Waals surface area contributed by atoms with Crippen molar-refractivity contribution in [3.63, 3.8) is 0 Å². The Morgan fingerprint density at radius 2 is 1.67 bits per heavy atom. The fourth-order valence-electron chi connectivity index (χ4n) is 4.96.